The number of thiol groups is 1. The first-order valence-corrected chi connectivity index (χ1v) is 7.83. The highest BCUT2D eigenvalue weighted by Crippen LogP contribution is 2.27. The fourth-order valence-corrected chi connectivity index (χ4v) is 3.25. The van der Waals surface area contributed by atoms with Crippen molar-refractivity contribution in [2.24, 2.45) is 5.92 Å². The summed E-state index contributed by atoms with van der Waals surface area (Å²) in [5.41, 5.74) is 1.53. The van der Waals surface area contributed by atoms with E-state index in [-0.39, 0.29) is 17.8 Å². The highest BCUT2D eigenvalue weighted by atomic mass is 32.1. The van der Waals surface area contributed by atoms with E-state index in [9.17, 15) is 4.79 Å². The summed E-state index contributed by atoms with van der Waals surface area (Å²) < 4.78 is 5.68. The van der Waals surface area contributed by atoms with Crippen LogP contribution in [0.3, 0.4) is 0 Å². The normalized spacial score (nSPS) is 19.8. The van der Waals surface area contributed by atoms with E-state index in [0.29, 0.717) is 6.42 Å². The van der Waals surface area contributed by atoms with E-state index in [1.807, 2.05) is 18.2 Å². The van der Waals surface area contributed by atoms with E-state index in [1.54, 1.807) is 12.3 Å². The van der Waals surface area contributed by atoms with Gasteiger partial charge in [-0.3, -0.25) is 9.78 Å². The molecule has 3 nitrogen and oxygen atoms in total. The van der Waals surface area contributed by atoms with Crippen LogP contribution in [0.2, 0.25) is 0 Å². The van der Waals surface area contributed by atoms with E-state index in [2.05, 4.69) is 24.5 Å². The van der Waals surface area contributed by atoms with Crippen molar-refractivity contribution in [2.45, 2.75) is 37.2 Å². The zero-order valence-electron chi connectivity index (χ0n) is 12.1. The average molecular weight is 301 g/mol. The summed E-state index contributed by atoms with van der Waals surface area (Å²) in [6, 6.07) is 7.54. The molecule has 1 saturated heterocycles. The van der Waals surface area contributed by atoms with Gasteiger partial charge in [0.25, 0.3) is 0 Å². The minimum Gasteiger partial charge on any atom is -0.378 e. The fraction of sp³-hybridized carbons (Fsp3) is 0.412. The topological polar surface area (TPSA) is 39.2 Å². The Morgan fingerprint density at radius 1 is 1.48 bits per heavy atom. The summed E-state index contributed by atoms with van der Waals surface area (Å²) >= 11 is 4.41. The number of hydrogen-bond acceptors (Lipinski definition) is 4. The highest BCUT2D eigenvalue weighted by Gasteiger charge is 2.25. The second-order valence-electron chi connectivity index (χ2n) is 5.69. The van der Waals surface area contributed by atoms with E-state index in [0.717, 1.165) is 40.8 Å². The molecular weight excluding hydrogens is 282 g/mol. The van der Waals surface area contributed by atoms with Gasteiger partial charge < -0.3 is 4.74 Å². The number of para-hydroxylation sites is 1. The van der Waals surface area contributed by atoms with Gasteiger partial charge in [-0.2, -0.15) is 0 Å². The molecule has 0 aliphatic carbocycles. The van der Waals surface area contributed by atoms with Gasteiger partial charge in [-0.05, 0) is 30.9 Å². The summed E-state index contributed by atoms with van der Waals surface area (Å²) in [6.45, 7) is 2.92. The maximum absolute atomic E-state index is 12.6. The zero-order chi connectivity index (χ0) is 14.8. The summed E-state index contributed by atoms with van der Waals surface area (Å²) in [4.78, 5) is 17.8. The fourth-order valence-electron chi connectivity index (χ4n) is 2.99. The lowest BCUT2D eigenvalue weighted by Crippen LogP contribution is -2.20. The van der Waals surface area contributed by atoms with Crippen LogP contribution in [-0.2, 0) is 4.74 Å². The number of pyridine rings is 1. The first-order chi connectivity index (χ1) is 10.2. The van der Waals surface area contributed by atoms with Gasteiger partial charge in [0.2, 0.25) is 0 Å². The van der Waals surface area contributed by atoms with Gasteiger partial charge in [-0.25, -0.2) is 0 Å². The molecule has 1 aliphatic rings. The molecule has 110 valence electrons. The van der Waals surface area contributed by atoms with Gasteiger partial charge in [0, 0.05) is 35.1 Å². The van der Waals surface area contributed by atoms with E-state index in [1.165, 1.54) is 0 Å². The Bertz CT molecular complexity index is 665. The third-order valence-corrected chi connectivity index (χ3v) is 4.52. The Hall–Kier alpha value is -1.39. The van der Waals surface area contributed by atoms with Crippen LogP contribution in [0.5, 0.6) is 0 Å². The van der Waals surface area contributed by atoms with Crippen molar-refractivity contribution in [3.63, 3.8) is 0 Å². The van der Waals surface area contributed by atoms with Gasteiger partial charge in [0.15, 0.2) is 5.78 Å². The van der Waals surface area contributed by atoms with Gasteiger partial charge in [-0.15, -0.1) is 12.6 Å². The average Bonchev–Trinajstić information content (AvgIpc) is 3.01. The van der Waals surface area contributed by atoms with Gasteiger partial charge in [0.1, 0.15) is 0 Å². The molecule has 2 heterocycles. The SMILES string of the molecule is CC(CC(=O)c1ccnc2c(S)cccc12)C1CCCO1. The molecule has 0 amide bonds. The Kier molecular flexibility index (Phi) is 4.27. The van der Waals surface area contributed by atoms with Crippen LogP contribution in [-0.4, -0.2) is 23.5 Å². The molecule has 0 spiro atoms. The Morgan fingerprint density at radius 3 is 3.10 bits per heavy atom. The molecule has 0 N–H and O–H groups in total. The Balaban J connectivity index is 1.86. The van der Waals surface area contributed by atoms with Gasteiger partial charge >= 0.3 is 0 Å². The summed E-state index contributed by atoms with van der Waals surface area (Å²) in [5, 5.41) is 0.884. The molecule has 2 atom stereocenters. The van der Waals surface area contributed by atoms with Crippen molar-refractivity contribution < 1.29 is 9.53 Å². The molecule has 4 heteroatoms. The Morgan fingerprint density at radius 2 is 2.33 bits per heavy atom. The van der Waals surface area contributed by atoms with Crippen LogP contribution in [0.15, 0.2) is 35.4 Å². The molecule has 3 rings (SSSR count). The molecular formula is C17H19NO2S. The number of ether oxygens (including phenoxy) is 1. The van der Waals surface area contributed by atoms with Crippen molar-refractivity contribution in [3.05, 3.63) is 36.0 Å². The number of benzene rings is 1. The number of rotatable bonds is 4. The Labute approximate surface area is 130 Å². The predicted molar refractivity (Wildman–Crippen MR) is 86.1 cm³/mol. The number of aromatic nitrogens is 1. The lowest BCUT2D eigenvalue weighted by molar-refractivity contribution is 0.0609. The summed E-state index contributed by atoms with van der Waals surface area (Å²) in [6.07, 6.45) is 4.59. The lowest BCUT2D eigenvalue weighted by atomic mass is 9.92. The second-order valence-corrected chi connectivity index (χ2v) is 6.17. The van der Waals surface area contributed by atoms with Crippen molar-refractivity contribution in [2.75, 3.05) is 6.61 Å². The second kappa shape index (κ2) is 6.16. The van der Waals surface area contributed by atoms with Gasteiger partial charge in [0.05, 0.1) is 11.6 Å². The molecule has 21 heavy (non-hydrogen) atoms. The molecule has 0 saturated carbocycles. The minimum absolute atomic E-state index is 0.157. The van der Waals surface area contributed by atoms with Crippen LogP contribution in [0.1, 0.15) is 36.5 Å². The molecule has 0 bridgehead atoms. The van der Waals surface area contributed by atoms with E-state index < -0.39 is 0 Å². The van der Waals surface area contributed by atoms with E-state index >= 15 is 0 Å². The minimum atomic E-state index is 0.157. The molecule has 2 unspecified atom stereocenters. The first-order valence-electron chi connectivity index (χ1n) is 7.38. The summed E-state index contributed by atoms with van der Waals surface area (Å²) in [7, 11) is 0. The maximum Gasteiger partial charge on any atom is 0.163 e. The highest BCUT2D eigenvalue weighted by molar-refractivity contribution is 7.80. The molecule has 1 aromatic carbocycles. The first kappa shape index (κ1) is 14.5. The molecule has 2 aromatic rings. The largest absolute Gasteiger partial charge is 0.378 e. The number of ketones is 1. The van der Waals surface area contributed by atoms with Crippen molar-refractivity contribution in [3.8, 4) is 0 Å². The molecule has 0 radical (unpaired) electrons. The van der Waals surface area contributed by atoms with E-state index in [4.69, 9.17) is 4.74 Å². The lowest BCUT2D eigenvalue weighted by Gasteiger charge is -2.18. The number of carbonyl (C=O) groups is 1. The van der Waals surface area contributed by atoms with Crippen LogP contribution in [0.4, 0.5) is 0 Å². The quantitative estimate of drug-likeness (QED) is 0.687. The third-order valence-electron chi connectivity index (χ3n) is 4.16. The monoisotopic (exact) mass is 301 g/mol. The number of hydrogen-bond donors (Lipinski definition) is 1. The smallest absolute Gasteiger partial charge is 0.163 e. The number of nitrogens with zero attached hydrogens (tertiary/aromatic N) is 1. The molecule has 1 aliphatic heterocycles. The number of carbonyl (C=O) groups excluding carboxylic acids is 1. The van der Waals surface area contributed by atoms with Crippen LogP contribution in [0, 0.1) is 5.92 Å². The number of fused-ring (bicyclic) bond motifs is 1. The maximum atomic E-state index is 12.6. The van der Waals surface area contributed by atoms with Crippen LogP contribution in [0.25, 0.3) is 10.9 Å². The molecule has 1 fully saturated rings. The van der Waals surface area contributed by atoms with Crippen LogP contribution >= 0.6 is 12.6 Å². The zero-order valence-corrected chi connectivity index (χ0v) is 13.0. The van der Waals surface area contributed by atoms with Gasteiger partial charge in [-0.1, -0.05) is 19.1 Å². The number of Topliss-reactive ketones (excluding diaryl/α,β-unsaturated/α-hetero) is 1. The summed E-state index contributed by atoms with van der Waals surface area (Å²) in [5.74, 6) is 0.409. The van der Waals surface area contributed by atoms with Crippen molar-refractivity contribution >= 4 is 29.3 Å². The van der Waals surface area contributed by atoms with Crippen LogP contribution < -0.4 is 0 Å². The predicted octanol–water partition coefficient (Wildman–Crippen LogP) is 3.91. The third kappa shape index (κ3) is 2.97. The standard InChI is InChI=1S/C17H19NO2S/c1-11(15-5-3-9-20-15)10-14(19)12-7-8-18-17-13(12)4-2-6-16(17)21/h2,4,6-8,11,15,21H,3,5,9-10H2,1H3. The van der Waals surface area contributed by atoms with Crippen molar-refractivity contribution in [1.82, 2.24) is 4.98 Å². The van der Waals surface area contributed by atoms with Crippen molar-refractivity contribution in [1.29, 1.82) is 0 Å². The molecule has 1 aromatic heterocycles.